The van der Waals surface area contributed by atoms with Gasteiger partial charge in [-0.05, 0) is 5.92 Å². The summed E-state index contributed by atoms with van der Waals surface area (Å²) in [6.07, 6.45) is 0.369. The molecule has 0 aromatic rings. The predicted octanol–water partition coefficient (Wildman–Crippen LogP) is 3.02. The Morgan fingerprint density at radius 1 is 1.38 bits per heavy atom. The maximum Gasteiger partial charge on any atom is 0.154 e. The van der Waals surface area contributed by atoms with Crippen LogP contribution in [0.5, 0.6) is 0 Å². The van der Waals surface area contributed by atoms with E-state index in [1.165, 1.54) is 0 Å². The van der Waals surface area contributed by atoms with Crippen molar-refractivity contribution in [3.63, 3.8) is 0 Å². The van der Waals surface area contributed by atoms with Gasteiger partial charge in [-0.1, -0.05) is 13.8 Å². The van der Waals surface area contributed by atoms with E-state index in [2.05, 4.69) is 0 Å². The summed E-state index contributed by atoms with van der Waals surface area (Å²) in [7, 11) is -4.02. The van der Waals surface area contributed by atoms with E-state index in [0.717, 1.165) is 6.26 Å². The van der Waals surface area contributed by atoms with Crippen LogP contribution >= 0.6 is 10.8 Å². The van der Waals surface area contributed by atoms with Gasteiger partial charge in [0.25, 0.3) is 0 Å². The second-order valence-electron chi connectivity index (χ2n) is 3.22. The van der Waals surface area contributed by atoms with Crippen LogP contribution < -0.4 is 0 Å². The summed E-state index contributed by atoms with van der Waals surface area (Å²) in [5.74, 6) is -0.507. The topological polar surface area (TPSA) is 47.6 Å². The van der Waals surface area contributed by atoms with Crippen molar-refractivity contribution in [1.82, 2.24) is 0 Å². The minimum absolute atomic E-state index is 0.403. The van der Waals surface area contributed by atoms with Gasteiger partial charge in [0.2, 0.25) is 0 Å². The van der Waals surface area contributed by atoms with Crippen LogP contribution in [0, 0.1) is 28.6 Å². The molecule has 0 aliphatic heterocycles. The molecule has 2 nitrogen and oxygen atoms in total. The van der Waals surface area contributed by atoms with Gasteiger partial charge in [-0.3, -0.25) is 0 Å². The van der Waals surface area contributed by atoms with Gasteiger partial charge < -0.3 is 0 Å². The molecule has 0 spiro atoms. The number of nitrogens with zero attached hydrogens (tertiary/aromatic N) is 2. The molecule has 74 valence electrons. The number of halogens is 2. The predicted molar refractivity (Wildman–Crippen MR) is 49.1 cm³/mol. The van der Waals surface area contributed by atoms with Crippen LogP contribution in [-0.4, -0.2) is 11.0 Å². The molecule has 0 bridgehead atoms. The van der Waals surface area contributed by atoms with E-state index in [4.69, 9.17) is 10.5 Å². The van der Waals surface area contributed by atoms with E-state index >= 15 is 0 Å². The number of hydrogen-bond donors (Lipinski definition) is 0. The lowest BCUT2D eigenvalue weighted by Gasteiger charge is -2.36. The molecule has 1 atom stereocenters. The molecule has 1 unspecified atom stereocenters. The van der Waals surface area contributed by atoms with Crippen LogP contribution in [0.15, 0.2) is 0 Å². The van der Waals surface area contributed by atoms with Crippen LogP contribution in [0.3, 0.4) is 0 Å². The molecule has 0 aliphatic carbocycles. The molecule has 0 aromatic carbocycles. The fraction of sp³-hybridized carbons (Fsp3) is 0.750. The third kappa shape index (κ3) is 2.10. The summed E-state index contributed by atoms with van der Waals surface area (Å²) in [4.78, 5) is 0. The molecular formula is C8H12F2N2S. The third-order valence-corrected chi connectivity index (χ3v) is 4.09. The fourth-order valence-corrected chi connectivity index (χ4v) is 2.42. The van der Waals surface area contributed by atoms with E-state index in [0.29, 0.717) is 0 Å². The van der Waals surface area contributed by atoms with E-state index in [1.807, 2.05) is 0 Å². The summed E-state index contributed by atoms with van der Waals surface area (Å²) in [5, 5.41) is 17.2. The number of nitriles is 2. The average molecular weight is 206 g/mol. The molecule has 0 heterocycles. The molecule has 0 aliphatic rings. The fourth-order valence-electron chi connectivity index (χ4n) is 1.11. The standard InChI is InChI=1S/C8H12F2N2S/c1-7(2)8(6-12,4-5-11)13(3,9)10/h7H,4H2,1-3H3. The Labute approximate surface area is 79.1 Å². The maximum absolute atomic E-state index is 13.2. The smallest absolute Gasteiger partial charge is 0.154 e. The van der Waals surface area contributed by atoms with E-state index in [-0.39, 0.29) is 0 Å². The van der Waals surface area contributed by atoms with Crippen LogP contribution in [0.25, 0.3) is 0 Å². The molecule has 0 radical (unpaired) electrons. The van der Waals surface area contributed by atoms with Gasteiger partial charge in [-0.2, -0.15) is 18.3 Å². The van der Waals surface area contributed by atoms with Crippen LogP contribution in [0.2, 0.25) is 0 Å². The summed E-state index contributed by atoms with van der Waals surface area (Å²) >= 11 is 0. The molecule has 13 heavy (non-hydrogen) atoms. The van der Waals surface area contributed by atoms with Gasteiger partial charge in [0.15, 0.2) is 4.75 Å². The highest BCUT2D eigenvalue weighted by molar-refractivity contribution is 8.26. The average Bonchev–Trinajstić information content (AvgIpc) is 1.96. The van der Waals surface area contributed by atoms with E-state index in [9.17, 15) is 7.77 Å². The summed E-state index contributed by atoms with van der Waals surface area (Å²) < 4.78 is 24.6. The van der Waals surface area contributed by atoms with Crippen molar-refractivity contribution < 1.29 is 7.77 Å². The Kier molecular flexibility index (Phi) is 3.69. The lowest BCUT2D eigenvalue weighted by Crippen LogP contribution is -2.35. The van der Waals surface area contributed by atoms with Crippen molar-refractivity contribution in [2.45, 2.75) is 25.0 Å². The second-order valence-corrected chi connectivity index (χ2v) is 5.40. The van der Waals surface area contributed by atoms with Crippen molar-refractivity contribution in [3.8, 4) is 12.1 Å². The molecule has 0 rings (SSSR count). The number of rotatable bonds is 3. The molecule has 0 fully saturated rings. The zero-order chi connectivity index (χ0) is 10.7. The summed E-state index contributed by atoms with van der Waals surface area (Å²) in [6.45, 7) is 3.09. The van der Waals surface area contributed by atoms with Crippen molar-refractivity contribution >= 4 is 10.8 Å². The first-order chi connectivity index (χ1) is 5.81. The van der Waals surface area contributed by atoms with Crippen LogP contribution in [0.4, 0.5) is 7.77 Å². The van der Waals surface area contributed by atoms with Crippen LogP contribution in [-0.2, 0) is 0 Å². The van der Waals surface area contributed by atoms with Gasteiger partial charge in [0, 0.05) is 6.26 Å². The lowest BCUT2D eigenvalue weighted by molar-refractivity contribution is 0.487. The van der Waals surface area contributed by atoms with Gasteiger partial charge >= 0.3 is 0 Å². The quantitative estimate of drug-likeness (QED) is 0.712. The third-order valence-electron chi connectivity index (χ3n) is 2.10. The molecule has 0 aromatic heterocycles. The Hall–Kier alpha value is -0.810. The molecule has 0 N–H and O–H groups in total. The minimum Gasteiger partial charge on any atom is -0.198 e. The highest BCUT2D eigenvalue weighted by atomic mass is 32.3. The summed E-state index contributed by atoms with van der Waals surface area (Å²) in [5.41, 5.74) is 0. The van der Waals surface area contributed by atoms with Gasteiger partial charge in [-0.25, -0.2) is 0 Å². The minimum atomic E-state index is -4.02. The van der Waals surface area contributed by atoms with Crippen molar-refractivity contribution in [2.75, 3.05) is 6.26 Å². The van der Waals surface area contributed by atoms with Gasteiger partial charge in [0.05, 0.1) is 29.4 Å². The molecule has 0 saturated heterocycles. The largest absolute Gasteiger partial charge is 0.198 e. The Morgan fingerprint density at radius 3 is 1.92 bits per heavy atom. The van der Waals surface area contributed by atoms with E-state index < -0.39 is 27.9 Å². The zero-order valence-electron chi connectivity index (χ0n) is 7.84. The monoisotopic (exact) mass is 206 g/mol. The highest BCUT2D eigenvalue weighted by Crippen LogP contribution is 2.63. The van der Waals surface area contributed by atoms with Gasteiger partial charge in [-0.15, -0.1) is 0 Å². The first-order valence-electron chi connectivity index (χ1n) is 3.77. The zero-order valence-corrected chi connectivity index (χ0v) is 8.66. The Balaban J connectivity index is 5.17. The van der Waals surface area contributed by atoms with Crippen LogP contribution in [0.1, 0.15) is 20.3 Å². The normalized spacial score (nSPS) is 17.2. The number of hydrogen-bond acceptors (Lipinski definition) is 2. The maximum atomic E-state index is 13.2. The van der Waals surface area contributed by atoms with Crippen molar-refractivity contribution in [2.24, 2.45) is 5.92 Å². The van der Waals surface area contributed by atoms with Crippen molar-refractivity contribution in [3.05, 3.63) is 0 Å². The van der Waals surface area contributed by atoms with E-state index in [1.54, 1.807) is 26.0 Å². The molecule has 5 heteroatoms. The van der Waals surface area contributed by atoms with Crippen molar-refractivity contribution in [1.29, 1.82) is 10.5 Å². The molecular weight excluding hydrogens is 194 g/mol. The Morgan fingerprint density at radius 2 is 1.85 bits per heavy atom. The SMILES string of the molecule is CC(C)C(C#N)(CC#N)S(C)(F)F. The van der Waals surface area contributed by atoms with Gasteiger partial charge in [0.1, 0.15) is 0 Å². The second kappa shape index (κ2) is 3.93. The molecule has 0 saturated carbocycles. The Bertz CT molecular complexity index is 259. The lowest BCUT2D eigenvalue weighted by atomic mass is 9.93. The highest BCUT2D eigenvalue weighted by Gasteiger charge is 2.49. The first-order valence-corrected chi connectivity index (χ1v) is 5.61. The first kappa shape index (κ1) is 12.2. The molecule has 0 amide bonds. The summed E-state index contributed by atoms with van der Waals surface area (Å²) in [6, 6.07) is 3.29.